The largest absolute Gasteiger partial charge is 0.351 e. The van der Waals surface area contributed by atoms with Crippen LogP contribution < -0.4 is 10.9 Å². The predicted molar refractivity (Wildman–Crippen MR) is 87.6 cm³/mol. The fraction of sp³-hybridized carbons (Fsp3) is 0.235. The summed E-state index contributed by atoms with van der Waals surface area (Å²) < 4.78 is 3.47. The van der Waals surface area contributed by atoms with Gasteiger partial charge in [0.05, 0.1) is 0 Å². The van der Waals surface area contributed by atoms with Crippen molar-refractivity contribution in [1.29, 1.82) is 0 Å². The number of carbonyl (C=O) groups excluding carboxylic acids is 1. The number of hydrogen-bond acceptors (Lipinski definition) is 3. The lowest BCUT2D eigenvalue weighted by atomic mass is 10.3. The van der Waals surface area contributed by atoms with Crippen LogP contribution in [0.15, 0.2) is 53.7 Å². The molecule has 0 aliphatic carbocycles. The normalized spacial score (nSPS) is 10.8. The molecule has 3 rings (SSSR count). The molecule has 118 valence electrons. The lowest BCUT2D eigenvalue weighted by Gasteiger charge is -2.05. The van der Waals surface area contributed by atoms with E-state index in [0.29, 0.717) is 25.2 Å². The quantitative estimate of drug-likeness (QED) is 0.728. The van der Waals surface area contributed by atoms with E-state index in [0.717, 1.165) is 11.2 Å². The van der Waals surface area contributed by atoms with Crippen LogP contribution in [0.25, 0.3) is 5.65 Å². The van der Waals surface area contributed by atoms with Gasteiger partial charge in [-0.05, 0) is 31.0 Å². The summed E-state index contributed by atoms with van der Waals surface area (Å²) in [7, 11) is 0. The number of imidazole rings is 1. The highest BCUT2D eigenvalue weighted by Gasteiger charge is 2.10. The lowest BCUT2D eigenvalue weighted by molar-refractivity contribution is 0.0948. The fourth-order valence-electron chi connectivity index (χ4n) is 2.45. The number of nitrogens with one attached hydrogen (secondary N) is 1. The van der Waals surface area contributed by atoms with Crippen LogP contribution in [0.5, 0.6) is 0 Å². The molecule has 0 saturated carbocycles. The molecule has 0 aliphatic rings. The molecule has 23 heavy (non-hydrogen) atoms. The van der Waals surface area contributed by atoms with E-state index in [4.69, 9.17) is 0 Å². The predicted octanol–water partition coefficient (Wildman–Crippen LogP) is 1.62. The molecule has 1 amide bonds. The van der Waals surface area contributed by atoms with E-state index < -0.39 is 0 Å². The molecule has 0 aliphatic heterocycles. The van der Waals surface area contributed by atoms with Gasteiger partial charge in [-0.2, -0.15) is 0 Å². The van der Waals surface area contributed by atoms with Crippen molar-refractivity contribution >= 4 is 11.6 Å². The van der Waals surface area contributed by atoms with Crippen LogP contribution in [0, 0.1) is 6.92 Å². The molecule has 3 heterocycles. The Morgan fingerprint density at radius 2 is 2.09 bits per heavy atom. The minimum atomic E-state index is -0.200. The zero-order valence-corrected chi connectivity index (χ0v) is 12.9. The molecule has 0 saturated heterocycles. The number of aryl methyl sites for hydroxylation is 2. The Labute approximate surface area is 133 Å². The maximum absolute atomic E-state index is 12.1. The minimum Gasteiger partial charge on any atom is -0.351 e. The molecule has 6 heteroatoms. The first-order valence-electron chi connectivity index (χ1n) is 7.53. The van der Waals surface area contributed by atoms with Gasteiger partial charge in [-0.15, -0.1) is 0 Å². The van der Waals surface area contributed by atoms with Gasteiger partial charge in [0.15, 0.2) is 0 Å². The van der Waals surface area contributed by atoms with Crippen LogP contribution in [0.1, 0.15) is 22.5 Å². The standard InChI is InChI=1S/C17H18N4O2/c1-13-6-4-10-21-12-14(19-16(13)21)17(23)18-8-5-11-20-9-3-2-7-15(20)22/h2-4,6-7,9-10,12H,5,8,11H2,1H3,(H,18,23). The average Bonchev–Trinajstić information content (AvgIpc) is 2.99. The molecule has 0 atom stereocenters. The number of carbonyl (C=O) groups is 1. The number of hydrogen-bond donors (Lipinski definition) is 1. The number of rotatable bonds is 5. The third kappa shape index (κ3) is 3.31. The molecular formula is C17H18N4O2. The Morgan fingerprint density at radius 1 is 1.22 bits per heavy atom. The summed E-state index contributed by atoms with van der Waals surface area (Å²) in [6.45, 7) is 3.03. The van der Waals surface area contributed by atoms with Crippen molar-refractivity contribution in [1.82, 2.24) is 19.3 Å². The highest BCUT2D eigenvalue weighted by molar-refractivity contribution is 5.92. The van der Waals surface area contributed by atoms with Gasteiger partial charge in [0.25, 0.3) is 5.91 Å². The minimum absolute atomic E-state index is 0.0327. The Kier molecular flexibility index (Phi) is 4.23. The summed E-state index contributed by atoms with van der Waals surface area (Å²) in [5.41, 5.74) is 2.18. The van der Waals surface area contributed by atoms with E-state index in [1.165, 1.54) is 6.07 Å². The van der Waals surface area contributed by atoms with Crippen LogP contribution in [-0.4, -0.2) is 26.4 Å². The Morgan fingerprint density at radius 3 is 2.87 bits per heavy atom. The summed E-state index contributed by atoms with van der Waals surface area (Å²) in [6.07, 6.45) is 6.02. The van der Waals surface area contributed by atoms with Crippen molar-refractivity contribution < 1.29 is 4.79 Å². The summed E-state index contributed by atoms with van der Waals surface area (Å²) in [5.74, 6) is -0.200. The monoisotopic (exact) mass is 310 g/mol. The highest BCUT2D eigenvalue weighted by Crippen LogP contribution is 2.09. The van der Waals surface area contributed by atoms with Crippen molar-refractivity contribution in [3.63, 3.8) is 0 Å². The van der Waals surface area contributed by atoms with Gasteiger partial charge in [0, 0.05) is 37.7 Å². The second-order valence-electron chi connectivity index (χ2n) is 5.39. The van der Waals surface area contributed by atoms with Crippen molar-refractivity contribution in [2.24, 2.45) is 0 Å². The van der Waals surface area contributed by atoms with Gasteiger partial charge in [-0.25, -0.2) is 4.98 Å². The van der Waals surface area contributed by atoms with E-state index in [9.17, 15) is 9.59 Å². The van der Waals surface area contributed by atoms with E-state index in [1.54, 1.807) is 23.0 Å². The molecule has 3 aromatic rings. The lowest BCUT2D eigenvalue weighted by Crippen LogP contribution is -2.27. The molecule has 0 aromatic carbocycles. The molecule has 0 radical (unpaired) electrons. The summed E-state index contributed by atoms with van der Waals surface area (Å²) in [5, 5.41) is 2.84. The van der Waals surface area contributed by atoms with Crippen molar-refractivity contribution in [3.05, 3.63) is 70.5 Å². The zero-order valence-electron chi connectivity index (χ0n) is 12.9. The first kappa shape index (κ1) is 15.0. The van der Waals surface area contributed by atoms with Crippen LogP contribution in [0.4, 0.5) is 0 Å². The van der Waals surface area contributed by atoms with Gasteiger partial charge < -0.3 is 14.3 Å². The van der Waals surface area contributed by atoms with Gasteiger partial charge in [-0.3, -0.25) is 9.59 Å². The molecule has 0 bridgehead atoms. The summed E-state index contributed by atoms with van der Waals surface area (Å²) in [6, 6.07) is 8.94. The Balaban J connectivity index is 1.57. The smallest absolute Gasteiger partial charge is 0.271 e. The van der Waals surface area contributed by atoms with Gasteiger partial charge in [0.2, 0.25) is 5.56 Å². The van der Waals surface area contributed by atoms with Crippen LogP contribution >= 0.6 is 0 Å². The molecule has 6 nitrogen and oxygen atoms in total. The molecule has 1 N–H and O–H groups in total. The third-order valence-electron chi connectivity index (χ3n) is 3.67. The Bertz CT molecular complexity index is 895. The van der Waals surface area contributed by atoms with E-state index >= 15 is 0 Å². The maximum atomic E-state index is 12.1. The maximum Gasteiger partial charge on any atom is 0.271 e. The average molecular weight is 310 g/mol. The Hall–Kier alpha value is -2.89. The molecule has 0 spiro atoms. The van der Waals surface area contributed by atoms with Crippen molar-refractivity contribution in [3.8, 4) is 0 Å². The molecule has 3 aromatic heterocycles. The second-order valence-corrected chi connectivity index (χ2v) is 5.39. The van der Waals surface area contributed by atoms with E-state index in [-0.39, 0.29) is 11.5 Å². The molecular weight excluding hydrogens is 292 g/mol. The first-order valence-corrected chi connectivity index (χ1v) is 7.53. The number of fused-ring (bicyclic) bond motifs is 1. The fourth-order valence-corrected chi connectivity index (χ4v) is 2.45. The van der Waals surface area contributed by atoms with Crippen LogP contribution in [-0.2, 0) is 6.54 Å². The summed E-state index contributed by atoms with van der Waals surface area (Å²) in [4.78, 5) is 28.1. The van der Waals surface area contributed by atoms with E-state index in [2.05, 4.69) is 10.3 Å². The second kappa shape index (κ2) is 6.48. The summed E-state index contributed by atoms with van der Waals surface area (Å²) >= 11 is 0. The number of pyridine rings is 2. The van der Waals surface area contributed by atoms with Gasteiger partial charge in [0.1, 0.15) is 11.3 Å². The van der Waals surface area contributed by atoms with Crippen LogP contribution in [0.3, 0.4) is 0 Å². The van der Waals surface area contributed by atoms with Gasteiger partial charge >= 0.3 is 0 Å². The van der Waals surface area contributed by atoms with Crippen LogP contribution in [0.2, 0.25) is 0 Å². The SMILES string of the molecule is Cc1cccn2cc(C(=O)NCCCn3ccccc3=O)nc12. The zero-order chi connectivity index (χ0) is 16.2. The number of nitrogens with zero attached hydrogens (tertiary/aromatic N) is 3. The molecule has 0 unspecified atom stereocenters. The number of aromatic nitrogens is 3. The van der Waals surface area contributed by atoms with Gasteiger partial charge in [-0.1, -0.05) is 12.1 Å². The topological polar surface area (TPSA) is 68.4 Å². The van der Waals surface area contributed by atoms with Crippen molar-refractivity contribution in [2.75, 3.05) is 6.54 Å². The number of amides is 1. The van der Waals surface area contributed by atoms with Crippen molar-refractivity contribution in [2.45, 2.75) is 19.9 Å². The molecule has 0 fully saturated rings. The third-order valence-corrected chi connectivity index (χ3v) is 3.67. The highest BCUT2D eigenvalue weighted by atomic mass is 16.2. The first-order chi connectivity index (χ1) is 11.1. The van der Waals surface area contributed by atoms with E-state index in [1.807, 2.05) is 35.7 Å².